The van der Waals surface area contributed by atoms with Crippen LogP contribution in [0.3, 0.4) is 0 Å². The number of primary amides is 1. The molecule has 2 aromatic carbocycles. The van der Waals surface area contributed by atoms with E-state index < -0.39 is 47.6 Å². The zero-order chi connectivity index (χ0) is 35.5. The molecule has 258 valence electrons. The Balaban J connectivity index is 1.74. The first-order chi connectivity index (χ1) is 22.6. The molecule has 48 heavy (non-hydrogen) atoms. The van der Waals surface area contributed by atoms with E-state index in [4.69, 9.17) is 40.4 Å². The summed E-state index contributed by atoms with van der Waals surface area (Å²) in [5, 5.41) is 13.1. The fourth-order valence-electron chi connectivity index (χ4n) is 4.66. The third-order valence-corrected chi connectivity index (χ3v) is 7.64. The van der Waals surface area contributed by atoms with Crippen molar-refractivity contribution < 1.29 is 23.6 Å². The third kappa shape index (κ3) is 11.5. The van der Waals surface area contributed by atoms with Crippen molar-refractivity contribution in [3.05, 3.63) is 75.5 Å². The van der Waals surface area contributed by atoms with E-state index in [0.29, 0.717) is 33.5 Å². The largest absolute Gasteiger partial charge is 0.370 e. The molecule has 17 heteroatoms. The smallest absolute Gasteiger partial charge is 0.291 e. The highest BCUT2D eigenvalue weighted by atomic mass is 35.5. The second-order valence-corrected chi connectivity index (χ2v) is 12.3. The van der Waals surface area contributed by atoms with Crippen LogP contribution >= 0.6 is 23.2 Å². The summed E-state index contributed by atoms with van der Waals surface area (Å²) in [7, 11) is 0. The molecule has 3 atom stereocenters. The molecule has 0 saturated heterocycles. The quantitative estimate of drug-likeness (QED) is 0.0732. The van der Waals surface area contributed by atoms with E-state index in [1.807, 2.05) is 0 Å². The highest BCUT2D eigenvalue weighted by molar-refractivity contribution is 6.34. The van der Waals surface area contributed by atoms with E-state index in [1.54, 1.807) is 39.0 Å². The molecular weight excluding hydrogens is 666 g/mol. The molecule has 0 spiro atoms. The van der Waals surface area contributed by atoms with E-state index in [0.717, 1.165) is 0 Å². The highest BCUT2D eigenvalue weighted by Crippen LogP contribution is 2.22. The van der Waals surface area contributed by atoms with Gasteiger partial charge in [-0.1, -0.05) is 49.2 Å². The topological polar surface area (TPSA) is 226 Å². The molecule has 14 nitrogen and oxygen atoms in total. The van der Waals surface area contributed by atoms with Crippen molar-refractivity contribution in [2.24, 2.45) is 28.1 Å². The number of aryl methyl sites for hydroxylation is 1. The number of hydrogen-bond acceptors (Lipinski definition) is 7. The summed E-state index contributed by atoms with van der Waals surface area (Å²) in [5.41, 5.74) is 17.4. The molecule has 0 bridgehead atoms. The summed E-state index contributed by atoms with van der Waals surface area (Å²) >= 11 is 12.2. The number of rotatable bonds is 16. The number of guanidine groups is 1. The summed E-state index contributed by atoms with van der Waals surface area (Å²) in [6.45, 7) is 5.44. The van der Waals surface area contributed by atoms with Crippen LogP contribution in [0.15, 0.2) is 47.5 Å². The number of nitrogens with two attached hydrogens (primary N) is 3. The van der Waals surface area contributed by atoms with Gasteiger partial charge in [0.15, 0.2) is 5.96 Å². The Labute approximate surface area is 287 Å². The van der Waals surface area contributed by atoms with Crippen LogP contribution in [0.2, 0.25) is 10.0 Å². The number of amides is 4. The van der Waals surface area contributed by atoms with E-state index in [1.165, 1.54) is 28.9 Å². The Morgan fingerprint density at radius 2 is 1.60 bits per heavy atom. The Hall–Kier alpha value is -4.76. The van der Waals surface area contributed by atoms with Crippen molar-refractivity contribution in [3.63, 3.8) is 0 Å². The molecule has 9 N–H and O–H groups in total. The van der Waals surface area contributed by atoms with Gasteiger partial charge in [-0.3, -0.25) is 24.2 Å². The number of aliphatic imine (C=N–C) groups is 1. The zero-order valence-electron chi connectivity index (χ0n) is 26.7. The summed E-state index contributed by atoms with van der Waals surface area (Å²) in [5.74, 6) is -3.24. The number of benzene rings is 2. The Kier molecular flexibility index (Phi) is 13.7. The number of halogens is 3. The monoisotopic (exact) mass is 704 g/mol. The van der Waals surface area contributed by atoms with Gasteiger partial charge in [0, 0.05) is 35.5 Å². The fraction of sp³-hybridized carbons (Fsp3) is 0.387. The second-order valence-electron chi connectivity index (χ2n) is 11.4. The zero-order valence-corrected chi connectivity index (χ0v) is 28.2. The van der Waals surface area contributed by atoms with Gasteiger partial charge in [0.2, 0.25) is 23.5 Å². The van der Waals surface area contributed by atoms with Crippen molar-refractivity contribution in [2.45, 2.75) is 64.6 Å². The third-order valence-electron chi connectivity index (χ3n) is 7.20. The normalized spacial score (nSPS) is 12.9. The summed E-state index contributed by atoms with van der Waals surface area (Å²) in [6, 6.07) is 7.38. The molecule has 4 amide bonds. The maximum atomic E-state index is 13.6. The lowest BCUT2D eigenvalue weighted by Crippen LogP contribution is -2.53. The number of nitrogens with zero attached hydrogens (tertiary/aromatic N) is 4. The van der Waals surface area contributed by atoms with Gasteiger partial charge in [-0.05, 0) is 61.6 Å². The van der Waals surface area contributed by atoms with Gasteiger partial charge in [0.1, 0.15) is 23.7 Å². The van der Waals surface area contributed by atoms with Crippen LogP contribution in [0.1, 0.15) is 55.1 Å². The van der Waals surface area contributed by atoms with Gasteiger partial charge >= 0.3 is 0 Å². The number of carbonyl (C=O) groups is 4. The summed E-state index contributed by atoms with van der Waals surface area (Å²) in [6.07, 6.45) is 0.321. The van der Waals surface area contributed by atoms with Crippen LogP contribution in [-0.4, -0.2) is 69.0 Å². The van der Waals surface area contributed by atoms with E-state index in [9.17, 15) is 23.6 Å². The van der Waals surface area contributed by atoms with E-state index >= 15 is 0 Å². The number of carbonyl (C=O) groups excluding carboxylic acids is 4. The van der Waals surface area contributed by atoms with E-state index in [-0.39, 0.29) is 43.5 Å². The molecule has 3 rings (SSSR count). The van der Waals surface area contributed by atoms with Crippen LogP contribution < -0.4 is 33.2 Å². The van der Waals surface area contributed by atoms with Crippen molar-refractivity contribution in [3.8, 4) is 5.69 Å². The predicted octanol–water partition coefficient (Wildman–Crippen LogP) is 1.92. The molecule has 1 heterocycles. The van der Waals surface area contributed by atoms with Crippen LogP contribution in [0, 0.1) is 18.7 Å². The standard InChI is InChI=1S/C31H39Cl2FN10O4/c1-16(2)24(15-26(45)40-25(27(35)46)11-18-6-8-21(34)9-7-18)42-29(47)23(5-4-10-38-31(36)37)41-30(48)28-39-17(3)44(43-28)22-13-19(32)12-20(33)14-22/h6-9,12-14,16,23-25H,4-5,10-11,15H2,1-3H3,(H2,35,46)(H,40,45)(H,41,48)(H,42,47)(H4,36,37,38)/t23-,24?,25-/m0/s1. The van der Waals surface area contributed by atoms with Crippen molar-refractivity contribution in [1.29, 1.82) is 0 Å². The highest BCUT2D eigenvalue weighted by Gasteiger charge is 2.29. The van der Waals surface area contributed by atoms with Gasteiger partial charge in [-0.15, -0.1) is 5.10 Å². The minimum atomic E-state index is -1.08. The predicted molar refractivity (Wildman–Crippen MR) is 180 cm³/mol. The fourth-order valence-corrected chi connectivity index (χ4v) is 5.17. The molecule has 0 radical (unpaired) electrons. The van der Waals surface area contributed by atoms with Gasteiger partial charge in [0.25, 0.3) is 5.91 Å². The maximum absolute atomic E-state index is 13.6. The summed E-state index contributed by atoms with van der Waals surface area (Å²) < 4.78 is 14.7. The van der Waals surface area contributed by atoms with Crippen LogP contribution in [0.5, 0.6) is 0 Å². The second kappa shape index (κ2) is 17.4. The molecule has 3 aromatic rings. The Morgan fingerprint density at radius 3 is 2.19 bits per heavy atom. The maximum Gasteiger partial charge on any atom is 0.291 e. The molecule has 0 aliphatic rings. The Morgan fingerprint density at radius 1 is 0.958 bits per heavy atom. The van der Waals surface area contributed by atoms with Crippen molar-refractivity contribution in [2.75, 3.05) is 6.54 Å². The average molecular weight is 706 g/mol. The van der Waals surface area contributed by atoms with Gasteiger partial charge in [-0.25, -0.2) is 14.1 Å². The molecule has 0 aliphatic carbocycles. The Bertz CT molecular complexity index is 1620. The van der Waals surface area contributed by atoms with Crippen LogP contribution in [0.4, 0.5) is 4.39 Å². The van der Waals surface area contributed by atoms with Gasteiger partial charge in [0.05, 0.1) is 5.69 Å². The molecule has 1 unspecified atom stereocenters. The number of hydrogen-bond donors (Lipinski definition) is 6. The molecule has 1 aromatic heterocycles. The van der Waals surface area contributed by atoms with Crippen LogP contribution in [-0.2, 0) is 20.8 Å². The molecule has 0 saturated carbocycles. The molecular formula is C31H39Cl2FN10O4. The minimum absolute atomic E-state index is 0.0532. The average Bonchev–Trinajstić information content (AvgIpc) is 3.39. The first-order valence-corrected chi connectivity index (χ1v) is 15.8. The van der Waals surface area contributed by atoms with Crippen molar-refractivity contribution in [1.82, 2.24) is 30.7 Å². The van der Waals surface area contributed by atoms with Crippen LogP contribution in [0.25, 0.3) is 5.69 Å². The SMILES string of the molecule is Cc1nc(C(=O)N[C@@H](CCCN=C(N)N)C(=O)NC(CC(=O)N[C@@H](Cc2ccc(F)cc2)C(N)=O)C(C)C)nn1-c1cc(Cl)cc(Cl)c1. The first-order valence-electron chi connectivity index (χ1n) is 15.0. The van der Waals surface area contributed by atoms with Crippen molar-refractivity contribution >= 4 is 52.8 Å². The molecule has 0 aliphatic heterocycles. The lowest BCUT2D eigenvalue weighted by Gasteiger charge is -2.26. The summed E-state index contributed by atoms with van der Waals surface area (Å²) in [4.78, 5) is 60.2. The lowest BCUT2D eigenvalue weighted by atomic mass is 9.98. The first kappa shape index (κ1) is 37.7. The lowest BCUT2D eigenvalue weighted by molar-refractivity contribution is -0.128. The van der Waals surface area contributed by atoms with Gasteiger partial charge in [-0.2, -0.15) is 0 Å². The van der Waals surface area contributed by atoms with E-state index in [2.05, 4.69) is 31.0 Å². The van der Waals surface area contributed by atoms with Gasteiger partial charge < -0.3 is 33.2 Å². The number of nitrogens with one attached hydrogen (secondary N) is 3. The number of aromatic nitrogens is 3. The minimum Gasteiger partial charge on any atom is -0.370 e. The molecule has 0 fully saturated rings.